The Hall–Kier alpha value is -1.81. The normalized spacial score (nSPS) is 10.9. The molecule has 102 valence electrons. The largest absolute Gasteiger partial charge is 0.496 e. The van der Waals surface area contributed by atoms with Gasteiger partial charge in [-0.1, -0.05) is 28.1 Å². The first-order valence-electron chi connectivity index (χ1n) is 6.25. The molecule has 1 aromatic heterocycles. The lowest BCUT2D eigenvalue weighted by Crippen LogP contribution is -2.00. The van der Waals surface area contributed by atoms with Gasteiger partial charge in [-0.25, -0.2) is 4.39 Å². The fourth-order valence-corrected chi connectivity index (χ4v) is 2.68. The number of fused-ring (bicyclic) bond motifs is 1. The minimum absolute atomic E-state index is 0.205. The van der Waals surface area contributed by atoms with E-state index in [-0.39, 0.29) is 5.82 Å². The summed E-state index contributed by atoms with van der Waals surface area (Å²) in [5.41, 5.74) is 1.69. The Bertz CT molecular complexity index is 766. The van der Waals surface area contributed by atoms with Crippen LogP contribution in [0.25, 0.3) is 10.9 Å². The number of ether oxygens (including phenoxy) is 1. The number of aromatic nitrogens is 1. The molecule has 3 aromatic rings. The zero-order valence-electron chi connectivity index (χ0n) is 10.9. The molecule has 3 rings (SSSR count). The number of benzene rings is 2. The quantitative estimate of drug-likeness (QED) is 0.683. The second-order valence-electron chi connectivity index (χ2n) is 4.57. The zero-order valence-corrected chi connectivity index (χ0v) is 12.5. The highest BCUT2D eigenvalue weighted by Crippen LogP contribution is 2.27. The van der Waals surface area contributed by atoms with Gasteiger partial charge in [0.25, 0.3) is 0 Å². The molecule has 1 heterocycles. The highest BCUT2D eigenvalue weighted by atomic mass is 79.9. The first kappa shape index (κ1) is 13.2. The molecule has 0 spiro atoms. The lowest BCUT2D eigenvalue weighted by molar-refractivity contribution is 0.420. The van der Waals surface area contributed by atoms with Gasteiger partial charge < -0.3 is 9.30 Å². The first-order valence-corrected chi connectivity index (χ1v) is 7.04. The van der Waals surface area contributed by atoms with Crippen molar-refractivity contribution in [3.05, 3.63) is 64.5 Å². The van der Waals surface area contributed by atoms with E-state index in [1.165, 1.54) is 6.07 Å². The Morgan fingerprint density at radius 3 is 2.80 bits per heavy atom. The molecule has 0 saturated carbocycles. The Balaban J connectivity index is 2.03. The van der Waals surface area contributed by atoms with E-state index in [0.29, 0.717) is 12.1 Å². The predicted octanol–water partition coefficient (Wildman–Crippen LogP) is 4.60. The predicted molar refractivity (Wildman–Crippen MR) is 81.7 cm³/mol. The van der Waals surface area contributed by atoms with Gasteiger partial charge in [-0.3, -0.25) is 0 Å². The number of halogens is 2. The Morgan fingerprint density at radius 1 is 1.20 bits per heavy atom. The third kappa shape index (κ3) is 2.31. The fourth-order valence-electron chi connectivity index (χ4n) is 2.34. The summed E-state index contributed by atoms with van der Waals surface area (Å²) in [6.07, 6.45) is 1.95. The van der Waals surface area contributed by atoms with E-state index in [9.17, 15) is 4.39 Å². The van der Waals surface area contributed by atoms with Crippen LogP contribution >= 0.6 is 15.9 Å². The van der Waals surface area contributed by atoms with E-state index in [1.807, 2.05) is 41.1 Å². The molecule has 0 bridgehead atoms. The summed E-state index contributed by atoms with van der Waals surface area (Å²) in [5.74, 6) is 0.627. The van der Waals surface area contributed by atoms with Gasteiger partial charge in [0.2, 0.25) is 0 Å². The van der Waals surface area contributed by atoms with Gasteiger partial charge in [0.15, 0.2) is 0 Å². The van der Waals surface area contributed by atoms with E-state index < -0.39 is 0 Å². The Morgan fingerprint density at radius 2 is 2.05 bits per heavy atom. The average molecular weight is 334 g/mol. The van der Waals surface area contributed by atoms with Gasteiger partial charge in [-0.05, 0) is 30.3 Å². The third-order valence-corrected chi connectivity index (χ3v) is 3.84. The van der Waals surface area contributed by atoms with Gasteiger partial charge in [-0.2, -0.15) is 0 Å². The summed E-state index contributed by atoms with van der Waals surface area (Å²) in [7, 11) is 1.65. The first-order chi connectivity index (χ1) is 9.69. The van der Waals surface area contributed by atoms with Crippen LogP contribution in [0.1, 0.15) is 5.56 Å². The molecule has 0 amide bonds. The summed E-state index contributed by atoms with van der Waals surface area (Å²) in [6, 6.07) is 13.0. The van der Waals surface area contributed by atoms with Crippen LogP contribution in [0.4, 0.5) is 4.39 Å². The minimum Gasteiger partial charge on any atom is -0.496 e. The zero-order chi connectivity index (χ0) is 14.1. The van der Waals surface area contributed by atoms with Crippen LogP contribution in [0.5, 0.6) is 5.75 Å². The van der Waals surface area contributed by atoms with Gasteiger partial charge >= 0.3 is 0 Å². The molecular formula is C16H13BrFNO. The Kier molecular flexibility index (Phi) is 3.49. The second kappa shape index (κ2) is 5.29. The van der Waals surface area contributed by atoms with E-state index >= 15 is 0 Å². The summed E-state index contributed by atoms with van der Waals surface area (Å²) < 4.78 is 22.0. The molecule has 0 aliphatic rings. The molecule has 20 heavy (non-hydrogen) atoms. The summed E-state index contributed by atoms with van der Waals surface area (Å²) in [6.45, 7) is 0.496. The van der Waals surface area contributed by atoms with Crippen molar-refractivity contribution < 1.29 is 9.13 Å². The van der Waals surface area contributed by atoms with E-state index in [2.05, 4.69) is 15.9 Å². The van der Waals surface area contributed by atoms with Crippen molar-refractivity contribution in [2.45, 2.75) is 6.54 Å². The molecule has 4 heteroatoms. The average Bonchev–Trinajstić information content (AvgIpc) is 2.85. The molecule has 2 aromatic carbocycles. The van der Waals surface area contributed by atoms with Crippen molar-refractivity contribution >= 4 is 26.8 Å². The maximum Gasteiger partial charge on any atom is 0.129 e. The SMILES string of the molecule is COc1cccc2c1ccn2Cc1ccc(Br)cc1F. The van der Waals surface area contributed by atoms with Crippen LogP contribution in [0.2, 0.25) is 0 Å². The topological polar surface area (TPSA) is 14.2 Å². The third-order valence-electron chi connectivity index (χ3n) is 3.35. The molecule has 2 nitrogen and oxygen atoms in total. The van der Waals surface area contributed by atoms with Crippen molar-refractivity contribution in [2.75, 3.05) is 7.11 Å². The highest BCUT2D eigenvalue weighted by molar-refractivity contribution is 9.10. The van der Waals surface area contributed by atoms with Gasteiger partial charge in [0.05, 0.1) is 19.2 Å². The Labute approximate surface area is 124 Å². The van der Waals surface area contributed by atoms with Crippen molar-refractivity contribution in [3.63, 3.8) is 0 Å². The van der Waals surface area contributed by atoms with Crippen LogP contribution in [-0.4, -0.2) is 11.7 Å². The smallest absolute Gasteiger partial charge is 0.129 e. The van der Waals surface area contributed by atoms with E-state index in [0.717, 1.165) is 21.1 Å². The summed E-state index contributed by atoms with van der Waals surface area (Å²) in [4.78, 5) is 0. The van der Waals surface area contributed by atoms with Crippen LogP contribution < -0.4 is 4.74 Å². The lowest BCUT2D eigenvalue weighted by atomic mass is 10.2. The van der Waals surface area contributed by atoms with Crippen LogP contribution in [0.15, 0.2) is 53.1 Å². The van der Waals surface area contributed by atoms with Crippen molar-refractivity contribution in [1.82, 2.24) is 4.57 Å². The number of rotatable bonds is 3. The minimum atomic E-state index is -0.205. The van der Waals surface area contributed by atoms with Gasteiger partial charge in [0.1, 0.15) is 11.6 Å². The van der Waals surface area contributed by atoms with Crippen LogP contribution in [-0.2, 0) is 6.54 Å². The standard InChI is InChI=1S/C16H13BrFNO/c1-20-16-4-2-3-15-13(16)7-8-19(15)10-11-5-6-12(17)9-14(11)18/h2-9H,10H2,1H3. The highest BCUT2D eigenvalue weighted by Gasteiger charge is 2.08. The summed E-state index contributed by atoms with van der Waals surface area (Å²) >= 11 is 3.27. The maximum absolute atomic E-state index is 13.9. The number of hydrogen-bond donors (Lipinski definition) is 0. The van der Waals surface area contributed by atoms with Crippen LogP contribution in [0, 0.1) is 5.82 Å². The van der Waals surface area contributed by atoms with Gasteiger partial charge in [0, 0.05) is 21.6 Å². The monoisotopic (exact) mass is 333 g/mol. The lowest BCUT2D eigenvalue weighted by Gasteiger charge is -2.08. The molecule has 0 fully saturated rings. The molecule has 0 radical (unpaired) electrons. The van der Waals surface area contributed by atoms with E-state index in [1.54, 1.807) is 13.2 Å². The van der Waals surface area contributed by atoms with E-state index in [4.69, 9.17) is 4.74 Å². The number of nitrogens with zero attached hydrogens (tertiary/aromatic N) is 1. The molecule has 0 atom stereocenters. The fraction of sp³-hybridized carbons (Fsp3) is 0.125. The van der Waals surface area contributed by atoms with Gasteiger partial charge in [-0.15, -0.1) is 0 Å². The number of hydrogen-bond acceptors (Lipinski definition) is 1. The molecular weight excluding hydrogens is 321 g/mol. The molecule has 0 aliphatic carbocycles. The summed E-state index contributed by atoms with van der Waals surface area (Å²) in [5, 5.41) is 1.03. The number of methoxy groups -OCH3 is 1. The maximum atomic E-state index is 13.9. The molecule has 0 unspecified atom stereocenters. The van der Waals surface area contributed by atoms with Crippen LogP contribution in [0.3, 0.4) is 0 Å². The molecule has 0 N–H and O–H groups in total. The second-order valence-corrected chi connectivity index (χ2v) is 5.49. The molecule has 0 aliphatic heterocycles. The van der Waals surface area contributed by atoms with Crippen molar-refractivity contribution in [1.29, 1.82) is 0 Å². The van der Waals surface area contributed by atoms with Crippen molar-refractivity contribution in [2.24, 2.45) is 0 Å². The molecule has 0 saturated heterocycles. The van der Waals surface area contributed by atoms with Crippen molar-refractivity contribution in [3.8, 4) is 5.75 Å².